The maximum Gasteiger partial charge on any atom is 0.501 e. The molecule has 33 heavy (non-hydrogen) atoms. The molecule has 1 unspecified atom stereocenters. The summed E-state index contributed by atoms with van der Waals surface area (Å²) in [5, 5.41) is 0. The molecular weight excluding hydrogens is 448 g/mol. The van der Waals surface area contributed by atoms with Crippen LogP contribution in [0.2, 0.25) is 22.7 Å². The highest BCUT2D eigenvalue weighted by Gasteiger charge is 2.58. The van der Waals surface area contributed by atoms with E-state index in [4.69, 9.17) is 17.7 Å². The van der Waals surface area contributed by atoms with Crippen molar-refractivity contribution in [3.8, 4) is 0 Å². The minimum atomic E-state index is -2.88. The SMILES string of the molecule is CCO[Si](CC(C)C(=O)O[Si](C1CCCCC1)(C1CCCC1)C1CCCC1)(OCC)OCC. The van der Waals surface area contributed by atoms with Gasteiger partial charge in [-0.1, -0.05) is 51.9 Å². The molecule has 3 rings (SSSR count). The molecule has 0 aromatic carbocycles. The van der Waals surface area contributed by atoms with E-state index in [9.17, 15) is 4.79 Å². The van der Waals surface area contributed by atoms with Gasteiger partial charge >= 0.3 is 8.80 Å². The van der Waals surface area contributed by atoms with E-state index in [2.05, 4.69) is 0 Å². The van der Waals surface area contributed by atoms with Gasteiger partial charge in [-0.15, -0.1) is 0 Å². The second kappa shape index (κ2) is 13.2. The Labute approximate surface area is 205 Å². The summed E-state index contributed by atoms with van der Waals surface area (Å²) >= 11 is 0. The first-order valence-corrected chi connectivity index (χ1v) is 18.2. The third-order valence-corrected chi connectivity index (χ3v) is 18.0. The van der Waals surface area contributed by atoms with Crippen LogP contribution in [-0.2, 0) is 22.5 Å². The van der Waals surface area contributed by atoms with Crippen LogP contribution in [0.5, 0.6) is 0 Å². The predicted octanol–water partition coefficient (Wildman–Crippen LogP) is 7.38. The molecule has 0 saturated heterocycles. The Balaban J connectivity index is 1.85. The van der Waals surface area contributed by atoms with Crippen LogP contribution in [0, 0.1) is 5.92 Å². The molecule has 0 bridgehead atoms. The molecule has 5 nitrogen and oxygen atoms in total. The Morgan fingerprint density at radius 1 is 0.697 bits per heavy atom. The molecular formula is C26H50O5Si2. The molecule has 0 amide bonds. The van der Waals surface area contributed by atoms with Gasteiger partial charge in [0.1, 0.15) is 0 Å². The maximum atomic E-state index is 13.9. The average Bonchev–Trinajstić information content (AvgIpc) is 3.53. The molecule has 7 heteroatoms. The van der Waals surface area contributed by atoms with E-state index < -0.39 is 17.1 Å². The first-order valence-electron chi connectivity index (χ1n) is 14.2. The van der Waals surface area contributed by atoms with E-state index in [1.807, 2.05) is 27.7 Å². The van der Waals surface area contributed by atoms with Crippen molar-refractivity contribution in [1.29, 1.82) is 0 Å². The Kier molecular flexibility index (Phi) is 10.9. The molecule has 0 aromatic heterocycles. The second-order valence-corrected chi connectivity index (χ2v) is 17.7. The lowest BCUT2D eigenvalue weighted by molar-refractivity contribution is -0.139. The highest BCUT2D eigenvalue weighted by Crippen LogP contribution is 2.58. The molecule has 0 aromatic rings. The van der Waals surface area contributed by atoms with Gasteiger partial charge in [0.25, 0.3) is 14.3 Å². The molecule has 0 radical (unpaired) electrons. The molecule has 0 aliphatic heterocycles. The van der Waals surface area contributed by atoms with E-state index in [1.54, 1.807) is 0 Å². The molecule has 192 valence electrons. The summed E-state index contributed by atoms with van der Waals surface area (Å²) in [4.78, 5) is 13.9. The highest BCUT2D eigenvalue weighted by atomic mass is 28.4. The zero-order valence-electron chi connectivity index (χ0n) is 21.9. The standard InChI is InChI=1S/C26H50O5Si2/c1-5-28-32(29-6-2,30-7-3)21-22(4)26(27)31-33(24-17-11-12-18-24,25-19-13-14-20-25)23-15-9-8-10-16-23/h22-25H,5-21H2,1-4H3. The zero-order valence-corrected chi connectivity index (χ0v) is 23.9. The van der Waals surface area contributed by atoms with Gasteiger partial charge in [-0.2, -0.15) is 0 Å². The fraction of sp³-hybridized carbons (Fsp3) is 0.962. The summed E-state index contributed by atoms with van der Waals surface area (Å²) in [5.41, 5.74) is 2.02. The van der Waals surface area contributed by atoms with Gasteiger partial charge in [-0.05, 0) is 75.9 Å². The van der Waals surface area contributed by atoms with Crippen LogP contribution in [0.4, 0.5) is 0 Å². The monoisotopic (exact) mass is 498 g/mol. The van der Waals surface area contributed by atoms with Crippen molar-refractivity contribution >= 4 is 23.1 Å². The minimum absolute atomic E-state index is 0.0158. The molecule has 1 atom stereocenters. The number of carbonyl (C=O) groups is 1. The van der Waals surface area contributed by atoms with E-state index >= 15 is 0 Å². The maximum absolute atomic E-state index is 13.9. The Morgan fingerprint density at radius 3 is 1.42 bits per heavy atom. The van der Waals surface area contributed by atoms with Gasteiger partial charge in [0.05, 0.1) is 5.92 Å². The number of rotatable bonds is 13. The van der Waals surface area contributed by atoms with Crippen molar-refractivity contribution in [2.45, 2.75) is 134 Å². The van der Waals surface area contributed by atoms with Gasteiger partial charge in [-0.3, -0.25) is 4.79 Å². The fourth-order valence-electron chi connectivity index (χ4n) is 7.25. The van der Waals surface area contributed by atoms with Gasteiger partial charge in [0, 0.05) is 25.9 Å². The quantitative estimate of drug-likeness (QED) is 0.248. The van der Waals surface area contributed by atoms with Crippen LogP contribution in [0.25, 0.3) is 0 Å². The molecule has 0 heterocycles. The number of hydrogen-bond acceptors (Lipinski definition) is 5. The van der Waals surface area contributed by atoms with E-state index in [-0.39, 0.29) is 11.9 Å². The Hall–Kier alpha value is -0.216. The third-order valence-electron chi connectivity index (χ3n) is 8.56. The van der Waals surface area contributed by atoms with E-state index in [0.717, 1.165) is 0 Å². The first kappa shape index (κ1) is 27.4. The summed E-state index contributed by atoms with van der Waals surface area (Å²) in [6.07, 6.45) is 17.0. The highest BCUT2D eigenvalue weighted by molar-refractivity contribution is 6.79. The Morgan fingerprint density at radius 2 is 1.06 bits per heavy atom. The molecule has 3 aliphatic carbocycles. The molecule has 3 fully saturated rings. The normalized spacial score (nSPS) is 22.7. The number of carbonyl (C=O) groups excluding carboxylic acids is 1. The molecule has 3 saturated carbocycles. The van der Waals surface area contributed by atoms with Crippen molar-refractivity contribution in [3.05, 3.63) is 0 Å². The van der Waals surface area contributed by atoms with Crippen LogP contribution in [0.1, 0.15) is 111 Å². The second-order valence-electron chi connectivity index (χ2n) is 10.7. The lowest BCUT2D eigenvalue weighted by Gasteiger charge is -2.48. The van der Waals surface area contributed by atoms with Gasteiger partial charge in [-0.25, -0.2) is 0 Å². The van der Waals surface area contributed by atoms with Crippen molar-refractivity contribution in [1.82, 2.24) is 0 Å². The average molecular weight is 499 g/mol. The fourth-order valence-corrected chi connectivity index (χ4v) is 17.1. The smallest absolute Gasteiger partial charge is 0.501 e. The van der Waals surface area contributed by atoms with Gasteiger partial charge in [0.2, 0.25) is 0 Å². The van der Waals surface area contributed by atoms with Gasteiger partial charge < -0.3 is 17.7 Å². The van der Waals surface area contributed by atoms with Crippen molar-refractivity contribution in [2.24, 2.45) is 5.92 Å². The third kappa shape index (κ3) is 6.52. The Bertz CT molecular complexity index is 550. The van der Waals surface area contributed by atoms with Crippen LogP contribution in [-0.4, -0.2) is 42.9 Å². The van der Waals surface area contributed by atoms with Crippen molar-refractivity contribution in [2.75, 3.05) is 19.8 Å². The van der Waals surface area contributed by atoms with E-state index in [1.165, 1.54) is 83.5 Å². The summed E-state index contributed by atoms with van der Waals surface area (Å²) in [6.45, 7) is 9.57. The summed E-state index contributed by atoms with van der Waals surface area (Å²) in [7, 11) is -5.13. The van der Waals surface area contributed by atoms with E-state index in [0.29, 0.717) is 42.5 Å². The summed E-state index contributed by atoms with van der Waals surface area (Å²) < 4.78 is 25.3. The lowest BCUT2D eigenvalue weighted by Crippen LogP contribution is -2.54. The number of hydrogen-bond donors (Lipinski definition) is 0. The summed E-state index contributed by atoms with van der Waals surface area (Å²) in [5.74, 6) is -0.235. The molecule has 0 N–H and O–H groups in total. The first-order chi connectivity index (χ1) is 16.0. The lowest BCUT2D eigenvalue weighted by atomic mass is 10.0. The largest absolute Gasteiger partial charge is 0.518 e. The summed E-state index contributed by atoms with van der Waals surface area (Å²) in [6, 6.07) is 0.520. The topological polar surface area (TPSA) is 54.0 Å². The van der Waals surface area contributed by atoms with Crippen LogP contribution < -0.4 is 0 Å². The van der Waals surface area contributed by atoms with Gasteiger partial charge in [0.15, 0.2) is 0 Å². The van der Waals surface area contributed by atoms with Crippen LogP contribution in [0.3, 0.4) is 0 Å². The van der Waals surface area contributed by atoms with Crippen LogP contribution >= 0.6 is 0 Å². The molecule has 0 spiro atoms. The zero-order chi connectivity index (χ0) is 23.7. The predicted molar refractivity (Wildman–Crippen MR) is 138 cm³/mol. The van der Waals surface area contributed by atoms with Crippen LogP contribution in [0.15, 0.2) is 0 Å². The van der Waals surface area contributed by atoms with Crippen molar-refractivity contribution < 1.29 is 22.5 Å². The van der Waals surface area contributed by atoms with Crippen molar-refractivity contribution in [3.63, 3.8) is 0 Å². The minimum Gasteiger partial charge on any atom is -0.518 e. The molecule has 3 aliphatic rings.